The molecule has 0 aliphatic carbocycles. The zero-order valence-electron chi connectivity index (χ0n) is 6.66. The predicted octanol–water partition coefficient (Wildman–Crippen LogP) is 2.28. The summed E-state index contributed by atoms with van der Waals surface area (Å²) in [5, 5.41) is 0. The maximum atomic E-state index is 11.7. The largest absolute Gasteiger partial charge is 0.435 e. The van der Waals surface area contributed by atoms with Gasteiger partial charge in [-0.2, -0.15) is 17.6 Å². The summed E-state index contributed by atoms with van der Waals surface area (Å²) in [6, 6.07) is 1.95. The maximum Gasteiger partial charge on any atom is 0.388 e. The first kappa shape index (κ1) is 10.6. The minimum Gasteiger partial charge on any atom is -0.435 e. The van der Waals surface area contributed by atoms with E-state index in [-0.39, 0.29) is 5.75 Å². The second-order valence-corrected chi connectivity index (χ2v) is 2.09. The molecule has 0 spiro atoms. The Hall–Kier alpha value is -1.53. The molecule has 0 aromatic carbocycles. The molecule has 0 saturated carbocycles. The fourth-order valence-corrected chi connectivity index (χ4v) is 0.723. The number of hydrogen-bond donors (Lipinski definition) is 0. The normalized spacial score (nSPS) is 10.7. The first-order chi connectivity index (χ1) is 6.58. The van der Waals surface area contributed by atoms with Crippen molar-refractivity contribution in [3.8, 4) is 11.6 Å². The number of halogens is 4. The van der Waals surface area contributed by atoms with Gasteiger partial charge in [-0.15, -0.1) is 0 Å². The number of ether oxygens (including phenoxy) is 2. The van der Waals surface area contributed by atoms with E-state index in [1.54, 1.807) is 0 Å². The molecule has 0 amide bonds. The van der Waals surface area contributed by atoms with Gasteiger partial charge in [0.1, 0.15) is 5.75 Å². The van der Waals surface area contributed by atoms with Crippen molar-refractivity contribution in [2.45, 2.75) is 13.2 Å². The van der Waals surface area contributed by atoms with E-state index in [0.717, 1.165) is 18.3 Å². The van der Waals surface area contributed by atoms with Gasteiger partial charge in [0.15, 0.2) is 0 Å². The third-order valence-electron chi connectivity index (χ3n) is 1.14. The van der Waals surface area contributed by atoms with Crippen LogP contribution < -0.4 is 9.47 Å². The lowest BCUT2D eigenvalue weighted by atomic mass is 10.4. The molecule has 0 aliphatic rings. The Morgan fingerprint density at radius 1 is 1.07 bits per heavy atom. The smallest absolute Gasteiger partial charge is 0.388 e. The predicted molar refractivity (Wildman–Crippen MR) is 37.5 cm³/mol. The van der Waals surface area contributed by atoms with Gasteiger partial charge < -0.3 is 9.47 Å². The fourth-order valence-electron chi connectivity index (χ4n) is 0.723. The highest BCUT2D eigenvalue weighted by Crippen LogP contribution is 2.19. The van der Waals surface area contributed by atoms with Crippen LogP contribution in [0.5, 0.6) is 11.6 Å². The minimum atomic E-state index is -3.05. The van der Waals surface area contributed by atoms with Gasteiger partial charge in [0.05, 0.1) is 0 Å². The lowest BCUT2D eigenvalue weighted by molar-refractivity contribution is -0.0563. The lowest BCUT2D eigenvalue weighted by Crippen LogP contribution is -2.05. The maximum absolute atomic E-state index is 11.7. The van der Waals surface area contributed by atoms with E-state index in [9.17, 15) is 17.6 Å². The van der Waals surface area contributed by atoms with Crippen LogP contribution in [0, 0.1) is 0 Å². The Morgan fingerprint density at radius 2 is 1.71 bits per heavy atom. The molecule has 0 N–H and O–H groups in total. The van der Waals surface area contributed by atoms with Crippen LogP contribution in [0.1, 0.15) is 0 Å². The second kappa shape index (κ2) is 4.64. The second-order valence-electron chi connectivity index (χ2n) is 2.09. The Labute approximate surface area is 76.3 Å². The summed E-state index contributed by atoms with van der Waals surface area (Å²) < 4.78 is 54.5. The molecule has 1 aromatic heterocycles. The van der Waals surface area contributed by atoms with Crippen molar-refractivity contribution in [2.75, 3.05) is 0 Å². The average Bonchev–Trinajstić information content (AvgIpc) is 2.01. The van der Waals surface area contributed by atoms with Gasteiger partial charge >= 0.3 is 13.2 Å². The molecule has 0 bridgehead atoms. The molecule has 78 valence electrons. The van der Waals surface area contributed by atoms with Crippen molar-refractivity contribution in [1.82, 2.24) is 4.98 Å². The van der Waals surface area contributed by atoms with Crippen LogP contribution in [-0.4, -0.2) is 18.2 Å². The van der Waals surface area contributed by atoms with Crippen LogP contribution >= 0.6 is 0 Å². The molecule has 0 unspecified atom stereocenters. The van der Waals surface area contributed by atoms with Crippen LogP contribution in [-0.2, 0) is 0 Å². The van der Waals surface area contributed by atoms with Gasteiger partial charge in [0.2, 0.25) is 5.88 Å². The minimum absolute atomic E-state index is 0.286. The van der Waals surface area contributed by atoms with E-state index in [2.05, 4.69) is 14.5 Å². The molecule has 1 heterocycles. The molecule has 0 radical (unpaired) electrons. The van der Waals surface area contributed by atoms with Crippen molar-refractivity contribution < 1.29 is 27.0 Å². The molecule has 1 aromatic rings. The van der Waals surface area contributed by atoms with E-state index >= 15 is 0 Å². The first-order valence-corrected chi connectivity index (χ1v) is 3.43. The average molecular weight is 211 g/mol. The van der Waals surface area contributed by atoms with E-state index < -0.39 is 19.1 Å². The lowest BCUT2D eigenvalue weighted by Gasteiger charge is -2.06. The third-order valence-corrected chi connectivity index (χ3v) is 1.14. The number of aromatic nitrogens is 1. The first-order valence-electron chi connectivity index (χ1n) is 3.43. The Morgan fingerprint density at radius 3 is 2.29 bits per heavy atom. The van der Waals surface area contributed by atoms with Crippen LogP contribution in [0.25, 0.3) is 0 Å². The van der Waals surface area contributed by atoms with Crippen LogP contribution in [0.4, 0.5) is 17.6 Å². The molecule has 0 atom stereocenters. The van der Waals surface area contributed by atoms with Crippen LogP contribution in [0.3, 0.4) is 0 Å². The quantitative estimate of drug-likeness (QED) is 0.716. The number of rotatable bonds is 4. The Kier molecular flexibility index (Phi) is 3.49. The summed E-state index contributed by atoms with van der Waals surface area (Å²) in [5.41, 5.74) is 0. The van der Waals surface area contributed by atoms with E-state index in [4.69, 9.17) is 0 Å². The highest BCUT2D eigenvalue weighted by atomic mass is 19.3. The number of pyridine rings is 1. The third kappa shape index (κ3) is 3.46. The number of hydrogen-bond acceptors (Lipinski definition) is 3. The van der Waals surface area contributed by atoms with E-state index in [1.165, 1.54) is 0 Å². The van der Waals surface area contributed by atoms with Crippen molar-refractivity contribution in [3.05, 3.63) is 18.3 Å². The SMILES string of the molecule is FC(F)Oc1ccnc(OC(F)F)c1. The zero-order chi connectivity index (χ0) is 10.6. The molecule has 0 fully saturated rings. The molecule has 1 rings (SSSR count). The van der Waals surface area contributed by atoms with Crippen molar-refractivity contribution >= 4 is 0 Å². The summed E-state index contributed by atoms with van der Waals surface area (Å²) in [6.45, 7) is -6.07. The van der Waals surface area contributed by atoms with Gasteiger partial charge in [0, 0.05) is 12.3 Å². The molecule has 14 heavy (non-hydrogen) atoms. The number of alkyl halides is 4. The molecule has 7 heteroatoms. The fraction of sp³-hybridized carbons (Fsp3) is 0.286. The Bertz CT molecular complexity index is 270. The van der Waals surface area contributed by atoms with Crippen LogP contribution in [0.15, 0.2) is 18.3 Å². The molecule has 0 saturated heterocycles. The summed E-state index contributed by atoms with van der Waals surface area (Å²) in [5.74, 6) is -0.760. The van der Waals surface area contributed by atoms with Gasteiger partial charge in [-0.05, 0) is 6.07 Å². The molecule has 0 aliphatic heterocycles. The van der Waals surface area contributed by atoms with Gasteiger partial charge in [-0.1, -0.05) is 0 Å². The summed E-state index contributed by atoms with van der Waals surface area (Å²) >= 11 is 0. The topological polar surface area (TPSA) is 31.4 Å². The molecule has 3 nitrogen and oxygen atoms in total. The van der Waals surface area contributed by atoms with Gasteiger partial charge in [-0.25, -0.2) is 4.98 Å². The molecular formula is C7H5F4NO2. The van der Waals surface area contributed by atoms with Gasteiger partial charge in [0.25, 0.3) is 0 Å². The van der Waals surface area contributed by atoms with Crippen molar-refractivity contribution in [3.63, 3.8) is 0 Å². The van der Waals surface area contributed by atoms with Crippen molar-refractivity contribution in [2.24, 2.45) is 0 Å². The number of nitrogens with zero attached hydrogens (tertiary/aromatic N) is 1. The van der Waals surface area contributed by atoms with Crippen LogP contribution in [0.2, 0.25) is 0 Å². The standard InChI is InChI=1S/C7H5F4NO2/c8-6(9)13-4-1-2-12-5(3-4)14-7(10)11/h1-3,6-7H. The zero-order valence-corrected chi connectivity index (χ0v) is 6.66. The Balaban J connectivity index is 2.68. The summed E-state index contributed by atoms with van der Waals surface area (Å²) in [7, 11) is 0. The van der Waals surface area contributed by atoms with Crippen molar-refractivity contribution in [1.29, 1.82) is 0 Å². The summed E-state index contributed by atoms with van der Waals surface area (Å²) in [4.78, 5) is 3.36. The van der Waals surface area contributed by atoms with E-state index in [1.807, 2.05) is 0 Å². The van der Waals surface area contributed by atoms with E-state index in [0.29, 0.717) is 0 Å². The van der Waals surface area contributed by atoms with Gasteiger partial charge in [-0.3, -0.25) is 0 Å². The monoisotopic (exact) mass is 211 g/mol. The summed E-state index contributed by atoms with van der Waals surface area (Å²) in [6.07, 6.45) is 1.02. The highest BCUT2D eigenvalue weighted by Gasteiger charge is 2.08. The highest BCUT2D eigenvalue weighted by molar-refractivity contribution is 5.26. The molecular weight excluding hydrogens is 206 g/mol.